The molecule has 6 nitrogen and oxygen atoms in total. The standard InChI is InChI=1S/C15H19NO5/c1-11(17)21-14-4-3-9-16(14)10-20-13-7-5-12(6-8-13)15(18)19-2/h5-8,14H,3-4,9-10H2,1-2H3/t14-/m0/s1. The van der Waals surface area contributed by atoms with Gasteiger partial charge < -0.3 is 14.2 Å². The fourth-order valence-corrected chi connectivity index (χ4v) is 2.23. The summed E-state index contributed by atoms with van der Waals surface area (Å²) in [6.45, 7) is 2.58. The van der Waals surface area contributed by atoms with Gasteiger partial charge >= 0.3 is 11.9 Å². The summed E-state index contributed by atoms with van der Waals surface area (Å²) < 4.78 is 15.5. The van der Waals surface area contributed by atoms with E-state index in [2.05, 4.69) is 4.74 Å². The maximum absolute atomic E-state index is 11.3. The Balaban J connectivity index is 1.87. The van der Waals surface area contributed by atoms with Crippen LogP contribution in [0.4, 0.5) is 0 Å². The predicted molar refractivity (Wildman–Crippen MR) is 74.8 cm³/mol. The number of carbonyl (C=O) groups is 2. The summed E-state index contributed by atoms with van der Waals surface area (Å²) in [4.78, 5) is 24.3. The van der Waals surface area contributed by atoms with Crippen LogP contribution < -0.4 is 4.74 Å². The molecule has 21 heavy (non-hydrogen) atoms. The van der Waals surface area contributed by atoms with Gasteiger partial charge in [-0.05, 0) is 37.1 Å². The Hall–Kier alpha value is -2.08. The Kier molecular flexibility index (Phi) is 5.16. The summed E-state index contributed by atoms with van der Waals surface area (Å²) in [5.41, 5.74) is 0.476. The first-order valence-corrected chi connectivity index (χ1v) is 6.82. The molecule has 1 aliphatic rings. The summed E-state index contributed by atoms with van der Waals surface area (Å²) >= 11 is 0. The quantitative estimate of drug-likeness (QED) is 0.771. The van der Waals surface area contributed by atoms with Crippen molar-refractivity contribution in [1.82, 2.24) is 4.90 Å². The van der Waals surface area contributed by atoms with Gasteiger partial charge in [-0.1, -0.05) is 0 Å². The number of carbonyl (C=O) groups excluding carboxylic acids is 2. The highest BCUT2D eigenvalue weighted by Gasteiger charge is 2.27. The third-order valence-electron chi connectivity index (χ3n) is 3.28. The number of esters is 2. The van der Waals surface area contributed by atoms with E-state index in [4.69, 9.17) is 9.47 Å². The van der Waals surface area contributed by atoms with Gasteiger partial charge in [0, 0.05) is 13.5 Å². The Bertz CT molecular complexity index is 499. The monoisotopic (exact) mass is 293 g/mol. The zero-order chi connectivity index (χ0) is 15.2. The maximum atomic E-state index is 11.3. The molecule has 1 atom stereocenters. The van der Waals surface area contributed by atoms with Gasteiger partial charge in [0.05, 0.1) is 12.7 Å². The molecule has 0 amide bonds. The second-order valence-electron chi connectivity index (χ2n) is 4.81. The van der Waals surface area contributed by atoms with E-state index in [0.717, 1.165) is 19.4 Å². The van der Waals surface area contributed by atoms with E-state index in [1.165, 1.54) is 14.0 Å². The van der Waals surface area contributed by atoms with Crippen molar-refractivity contribution >= 4 is 11.9 Å². The minimum atomic E-state index is -0.379. The van der Waals surface area contributed by atoms with Gasteiger partial charge in [0.2, 0.25) is 0 Å². The van der Waals surface area contributed by atoms with Gasteiger partial charge in [-0.15, -0.1) is 0 Å². The summed E-state index contributed by atoms with van der Waals surface area (Å²) in [6, 6.07) is 6.72. The Morgan fingerprint density at radius 1 is 1.29 bits per heavy atom. The van der Waals surface area contributed by atoms with E-state index in [1.54, 1.807) is 24.3 Å². The fraction of sp³-hybridized carbons (Fsp3) is 0.467. The van der Waals surface area contributed by atoms with Crippen molar-refractivity contribution in [3.8, 4) is 5.75 Å². The van der Waals surface area contributed by atoms with Crippen LogP contribution in [0.5, 0.6) is 5.75 Å². The lowest BCUT2D eigenvalue weighted by Gasteiger charge is -2.23. The third-order valence-corrected chi connectivity index (χ3v) is 3.28. The average molecular weight is 293 g/mol. The summed E-state index contributed by atoms with van der Waals surface area (Å²) in [5.74, 6) is -0.0125. The number of likely N-dealkylation sites (tertiary alicyclic amines) is 1. The van der Waals surface area contributed by atoms with Crippen LogP contribution in [0.3, 0.4) is 0 Å². The zero-order valence-corrected chi connectivity index (χ0v) is 12.2. The molecule has 1 saturated heterocycles. The number of hydrogen-bond acceptors (Lipinski definition) is 6. The molecule has 1 aromatic carbocycles. The van der Waals surface area contributed by atoms with Crippen LogP contribution in [0.15, 0.2) is 24.3 Å². The molecular weight excluding hydrogens is 274 g/mol. The normalized spacial score (nSPS) is 18.3. The van der Waals surface area contributed by atoms with Crippen molar-refractivity contribution in [2.24, 2.45) is 0 Å². The zero-order valence-electron chi connectivity index (χ0n) is 12.2. The highest BCUT2D eigenvalue weighted by molar-refractivity contribution is 5.89. The lowest BCUT2D eigenvalue weighted by molar-refractivity contribution is -0.156. The Morgan fingerprint density at radius 3 is 2.62 bits per heavy atom. The second kappa shape index (κ2) is 7.08. The topological polar surface area (TPSA) is 65.1 Å². The van der Waals surface area contributed by atoms with Crippen LogP contribution in [0.25, 0.3) is 0 Å². The molecule has 0 aliphatic carbocycles. The van der Waals surface area contributed by atoms with Crippen LogP contribution in [0, 0.1) is 0 Å². The number of benzene rings is 1. The lowest BCUT2D eigenvalue weighted by atomic mass is 10.2. The molecule has 1 aromatic rings. The van der Waals surface area contributed by atoms with Crippen molar-refractivity contribution in [3.05, 3.63) is 29.8 Å². The van der Waals surface area contributed by atoms with Gasteiger partial charge in [-0.3, -0.25) is 4.79 Å². The van der Waals surface area contributed by atoms with Crippen LogP contribution in [0.1, 0.15) is 30.1 Å². The van der Waals surface area contributed by atoms with E-state index in [9.17, 15) is 9.59 Å². The SMILES string of the molecule is COC(=O)c1ccc(OCN2CCC[C@@H]2OC(C)=O)cc1. The van der Waals surface area contributed by atoms with Gasteiger partial charge in [0.25, 0.3) is 0 Å². The van der Waals surface area contributed by atoms with Gasteiger partial charge in [0.1, 0.15) is 12.5 Å². The van der Waals surface area contributed by atoms with Gasteiger partial charge in [0.15, 0.2) is 6.23 Å². The molecule has 0 aromatic heterocycles. The van der Waals surface area contributed by atoms with E-state index in [0.29, 0.717) is 18.0 Å². The molecule has 1 aliphatic heterocycles. The molecule has 0 unspecified atom stereocenters. The molecular formula is C15H19NO5. The summed E-state index contributed by atoms with van der Waals surface area (Å²) in [5, 5.41) is 0. The maximum Gasteiger partial charge on any atom is 0.337 e. The molecule has 0 saturated carbocycles. The first-order valence-electron chi connectivity index (χ1n) is 6.82. The van der Waals surface area contributed by atoms with E-state index < -0.39 is 0 Å². The largest absolute Gasteiger partial charge is 0.478 e. The second-order valence-corrected chi connectivity index (χ2v) is 4.81. The van der Waals surface area contributed by atoms with Crippen molar-refractivity contribution in [1.29, 1.82) is 0 Å². The number of ether oxygens (including phenoxy) is 3. The first kappa shape index (κ1) is 15.3. The number of hydrogen-bond donors (Lipinski definition) is 0. The fourth-order valence-electron chi connectivity index (χ4n) is 2.23. The van der Waals surface area contributed by atoms with Crippen LogP contribution >= 0.6 is 0 Å². The molecule has 6 heteroatoms. The van der Waals surface area contributed by atoms with Crippen molar-refractivity contribution < 1.29 is 23.8 Å². The van der Waals surface area contributed by atoms with Crippen LogP contribution in [-0.4, -0.2) is 43.5 Å². The van der Waals surface area contributed by atoms with Crippen LogP contribution in [-0.2, 0) is 14.3 Å². The Morgan fingerprint density at radius 2 is 2.00 bits per heavy atom. The van der Waals surface area contributed by atoms with E-state index in [1.807, 2.05) is 4.90 Å². The molecule has 0 radical (unpaired) electrons. The number of nitrogens with zero attached hydrogens (tertiary/aromatic N) is 1. The number of methoxy groups -OCH3 is 1. The van der Waals surface area contributed by atoms with E-state index >= 15 is 0 Å². The minimum absolute atomic E-state index is 0.211. The minimum Gasteiger partial charge on any atom is -0.478 e. The van der Waals surface area contributed by atoms with Crippen molar-refractivity contribution in [3.63, 3.8) is 0 Å². The van der Waals surface area contributed by atoms with Gasteiger partial charge in [-0.2, -0.15) is 0 Å². The highest BCUT2D eigenvalue weighted by Crippen LogP contribution is 2.20. The lowest BCUT2D eigenvalue weighted by Crippen LogP contribution is -2.35. The van der Waals surface area contributed by atoms with Crippen molar-refractivity contribution in [2.45, 2.75) is 26.0 Å². The summed E-state index contributed by atoms with van der Waals surface area (Å²) in [7, 11) is 1.34. The molecule has 0 spiro atoms. The molecule has 114 valence electrons. The predicted octanol–water partition coefficient (Wildman–Crippen LogP) is 1.79. The molecule has 0 N–H and O–H groups in total. The Labute approximate surface area is 123 Å². The van der Waals surface area contributed by atoms with Gasteiger partial charge in [-0.25, -0.2) is 9.69 Å². The smallest absolute Gasteiger partial charge is 0.337 e. The molecule has 1 fully saturated rings. The highest BCUT2D eigenvalue weighted by atomic mass is 16.6. The van der Waals surface area contributed by atoms with Crippen molar-refractivity contribution in [2.75, 3.05) is 20.4 Å². The molecule has 0 bridgehead atoms. The molecule has 1 heterocycles. The number of rotatable bonds is 5. The van der Waals surface area contributed by atoms with Crippen LogP contribution in [0.2, 0.25) is 0 Å². The van der Waals surface area contributed by atoms with E-state index in [-0.39, 0.29) is 18.2 Å². The first-order chi connectivity index (χ1) is 10.1. The molecule has 2 rings (SSSR count). The summed E-state index contributed by atoms with van der Waals surface area (Å²) in [6.07, 6.45) is 1.59. The third kappa shape index (κ3) is 4.19. The average Bonchev–Trinajstić information content (AvgIpc) is 2.91.